The summed E-state index contributed by atoms with van der Waals surface area (Å²) in [5.74, 6) is -0.0661. The minimum atomic E-state index is -0.463. The lowest BCUT2D eigenvalue weighted by Gasteiger charge is -2.32. The van der Waals surface area contributed by atoms with E-state index in [1.54, 1.807) is 0 Å². The van der Waals surface area contributed by atoms with E-state index in [1.807, 2.05) is 18.7 Å². The van der Waals surface area contributed by atoms with Gasteiger partial charge in [0.05, 0.1) is 4.92 Å². The Balaban J connectivity index is 2.20. The number of amides is 1. The molecular formula is C14H19N3O3. The molecule has 1 heterocycles. The highest BCUT2D eigenvalue weighted by Gasteiger charge is 2.29. The molecule has 6 heteroatoms. The van der Waals surface area contributed by atoms with Gasteiger partial charge in [0.25, 0.3) is 11.6 Å². The molecule has 1 aliphatic rings. The number of non-ortho nitro benzene ring substituents is 1. The van der Waals surface area contributed by atoms with Crippen molar-refractivity contribution in [2.24, 2.45) is 0 Å². The van der Waals surface area contributed by atoms with Crippen molar-refractivity contribution in [2.45, 2.75) is 32.4 Å². The van der Waals surface area contributed by atoms with E-state index in [0.717, 1.165) is 19.5 Å². The van der Waals surface area contributed by atoms with E-state index >= 15 is 0 Å². The smallest absolute Gasteiger partial charge is 0.269 e. The maximum absolute atomic E-state index is 12.6. The van der Waals surface area contributed by atoms with Gasteiger partial charge in [-0.1, -0.05) is 0 Å². The number of rotatable bonds is 4. The van der Waals surface area contributed by atoms with Crippen molar-refractivity contribution in [1.82, 2.24) is 10.2 Å². The number of carbonyl (C=O) groups is 1. The topological polar surface area (TPSA) is 75.5 Å². The summed E-state index contributed by atoms with van der Waals surface area (Å²) in [5.41, 5.74) is 0.497. The van der Waals surface area contributed by atoms with Crippen LogP contribution in [0.3, 0.4) is 0 Å². The Morgan fingerprint density at radius 3 is 2.50 bits per heavy atom. The predicted molar refractivity (Wildman–Crippen MR) is 75.7 cm³/mol. The third-order valence-electron chi connectivity index (χ3n) is 3.54. The normalized spacial score (nSPS) is 18.2. The molecule has 2 rings (SSSR count). The van der Waals surface area contributed by atoms with Gasteiger partial charge < -0.3 is 10.2 Å². The van der Waals surface area contributed by atoms with E-state index in [9.17, 15) is 14.9 Å². The first kappa shape index (κ1) is 14.5. The van der Waals surface area contributed by atoms with E-state index in [0.29, 0.717) is 5.56 Å². The predicted octanol–water partition coefficient (Wildman–Crippen LogP) is 1.81. The Bertz CT molecular complexity index is 493. The summed E-state index contributed by atoms with van der Waals surface area (Å²) < 4.78 is 0. The number of nitrogens with zero attached hydrogens (tertiary/aromatic N) is 2. The summed E-state index contributed by atoms with van der Waals surface area (Å²) in [5, 5.41) is 13.9. The molecule has 1 atom stereocenters. The van der Waals surface area contributed by atoms with Gasteiger partial charge in [-0.2, -0.15) is 0 Å². The summed E-state index contributed by atoms with van der Waals surface area (Å²) in [6.07, 6.45) is 0.941. The van der Waals surface area contributed by atoms with Crippen LogP contribution in [0.4, 0.5) is 5.69 Å². The molecule has 1 aliphatic heterocycles. The fourth-order valence-electron chi connectivity index (χ4n) is 2.57. The number of nitrogens with one attached hydrogen (secondary N) is 1. The summed E-state index contributed by atoms with van der Waals surface area (Å²) in [7, 11) is 0. The van der Waals surface area contributed by atoms with Crippen LogP contribution in [-0.4, -0.2) is 40.9 Å². The van der Waals surface area contributed by atoms with E-state index in [4.69, 9.17) is 0 Å². The van der Waals surface area contributed by atoms with E-state index in [-0.39, 0.29) is 23.7 Å². The number of hydrogen-bond acceptors (Lipinski definition) is 4. The number of nitro benzene ring substituents is 1. The highest BCUT2D eigenvalue weighted by Crippen LogP contribution is 2.19. The molecule has 1 unspecified atom stereocenters. The monoisotopic (exact) mass is 277 g/mol. The van der Waals surface area contributed by atoms with Gasteiger partial charge in [0.1, 0.15) is 0 Å². The Morgan fingerprint density at radius 2 is 2.05 bits per heavy atom. The Hall–Kier alpha value is -1.95. The first-order valence-electron chi connectivity index (χ1n) is 6.78. The SMILES string of the molecule is CC(C)N(C(=O)c1ccc([N+](=O)[O-])cc1)C1CCNC1. The molecule has 0 radical (unpaired) electrons. The molecule has 1 aromatic rings. The van der Waals surface area contributed by atoms with Crippen molar-refractivity contribution in [3.05, 3.63) is 39.9 Å². The zero-order valence-electron chi connectivity index (χ0n) is 11.7. The van der Waals surface area contributed by atoms with Crippen LogP contribution >= 0.6 is 0 Å². The second-order valence-corrected chi connectivity index (χ2v) is 5.26. The number of hydrogen-bond donors (Lipinski definition) is 1. The number of nitro groups is 1. The van der Waals surface area contributed by atoms with Gasteiger partial charge in [-0.15, -0.1) is 0 Å². The standard InChI is InChI=1S/C14H19N3O3/c1-10(2)16(13-7-8-15-9-13)14(18)11-3-5-12(6-4-11)17(19)20/h3-6,10,13,15H,7-9H2,1-2H3. The van der Waals surface area contributed by atoms with Crippen molar-refractivity contribution in [1.29, 1.82) is 0 Å². The van der Waals surface area contributed by atoms with Gasteiger partial charge in [-0.05, 0) is 38.9 Å². The molecule has 0 bridgehead atoms. The maximum atomic E-state index is 12.6. The second kappa shape index (κ2) is 6.00. The highest BCUT2D eigenvalue weighted by molar-refractivity contribution is 5.94. The third-order valence-corrected chi connectivity index (χ3v) is 3.54. The zero-order valence-corrected chi connectivity index (χ0v) is 11.7. The quantitative estimate of drug-likeness (QED) is 0.672. The van der Waals surface area contributed by atoms with Crippen LogP contribution in [0.25, 0.3) is 0 Å². The molecule has 1 fully saturated rings. The van der Waals surface area contributed by atoms with Crippen molar-refractivity contribution in [3.8, 4) is 0 Å². The van der Waals surface area contributed by atoms with Gasteiger partial charge in [-0.25, -0.2) is 0 Å². The van der Waals surface area contributed by atoms with Crippen molar-refractivity contribution >= 4 is 11.6 Å². The third kappa shape index (κ3) is 2.96. The highest BCUT2D eigenvalue weighted by atomic mass is 16.6. The van der Waals surface area contributed by atoms with Gasteiger partial charge in [0, 0.05) is 36.3 Å². The maximum Gasteiger partial charge on any atom is 0.269 e. The molecule has 0 aromatic heterocycles. The summed E-state index contributed by atoms with van der Waals surface area (Å²) in [4.78, 5) is 24.6. The minimum Gasteiger partial charge on any atom is -0.332 e. The summed E-state index contributed by atoms with van der Waals surface area (Å²) >= 11 is 0. The largest absolute Gasteiger partial charge is 0.332 e. The average molecular weight is 277 g/mol. The molecular weight excluding hydrogens is 258 g/mol. The van der Waals surface area contributed by atoms with Crippen LogP contribution in [0, 0.1) is 10.1 Å². The lowest BCUT2D eigenvalue weighted by atomic mass is 10.1. The van der Waals surface area contributed by atoms with Gasteiger partial charge >= 0.3 is 0 Å². The number of carbonyl (C=O) groups excluding carboxylic acids is 1. The van der Waals surface area contributed by atoms with Crippen LogP contribution in [0.2, 0.25) is 0 Å². The molecule has 108 valence electrons. The van der Waals surface area contributed by atoms with Crippen molar-refractivity contribution in [2.75, 3.05) is 13.1 Å². The molecule has 20 heavy (non-hydrogen) atoms. The summed E-state index contributed by atoms with van der Waals surface area (Å²) in [6, 6.07) is 6.09. The van der Waals surface area contributed by atoms with E-state index < -0.39 is 4.92 Å². The fraction of sp³-hybridized carbons (Fsp3) is 0.500. The average Bonchev–Trinajstić information content (AvgIpc) is 2.92. The number of benzene rings is 1. The molecule has 6 nitrogen and oxygen atoms in total. The van der Waals surface area contributed by atoms with Gasteiger partial charge in [-0.3, -0.25) is 14.9 Å². The summed E-state index contributed by atoms with van der Waals surface area (Å²) in [6.45, 7) is 5.70. The fourth-order valence-corrected chi connectivity index (χ4v) is 2.57. The molecule has 0 aliphatic carbocycles. The lowest BCUT2D eigenvalue weighted by Crippen LogP contribution is -2.45. The molecule has 1 aromatic carbocycles. The van der Waals surface area contributed by atoms with Gasteiger partial charge in [0.15, 0.2) is 0 Å². The molecule has 0 spiro atoms. The van der Waals surface area contributed by atoms with Gasteiger partial charge in [0.2, 0.25) is 0 Å². The van der Waals surface area contributed by atoms with Crippen LogP contribution in [-0.2, 0) is 0 Å². The van der Waals surface area contributed by atoms with Crippen molar-refractivity contribution in [3.63, 3.8) is 0 Å². The Labute approximate surface area is 117 Å². The Morgan fingerprint density at radius 1 is 1.40 bits per heavy atom. The molecule has 1 amide bonds. The Kier molecular flexibility index (Phi) is 4.34. The van der Waals surface area contributed by atoms with Crippen LogP contribution in [0.15, 0.2) is 24.3 Å². The lowest BCUT2D eigenvalue weighted by molar-refractivity contribution is -0.384. The zero-order chi connectivity index (χ0) is 14.7. The second-order valence-electron chi connectivity index (χ2n) is 5.26. The van der Waals surface area contributed by atoms with Crippen LogP contribution < -0.4 is 5.32 Å². The van der Waals surface area contributed by atoms with Crippen LogP contribution in [0.1, 0.15) is 30.6 Å². The molecule has 0 saturated carbocycles. The van der Waals surface area contributed by atoms with E-state index in [1.165, 1.54) is 24.3 Å². The first-order chi connectivity index (χ1) is 9.50. The first-order valence-corrected chi connectivity index (χ1v) is 6.78. The minimum absolute atomic E-state index is 0.000167. The van der Waals surface area contributed by atoms with E-state index in [2.05, 4.69) is 5.32 Å². The molecule has 1 saturated heterocycles. The van der Waals surface area contributed by atoms with Crippen LogP contribution in [0.5, 0.6) is 0 Å². The molecule has 1 N–H and O–H groups in total. The van der Waals surface area contributed by atoms with Crippen molar-refractivity contribution < 1.29 is 9.72 Å².